The fourth-order valence-electron chi connectivity index (χ4n) is 4.06. The quantitative estimate of drug-likeness (QED) is 0.806. The van der Waals surface area contributed by atoms with Crippen LogP contribution in [-0.4, -0.2) is 49.4 Å². The summed E-state index contributed by atoms with van der Waals surface area (Å²) in [6, 6.07) is 8.28. The number of nitrogens with one attached hydrogen (secondary N) is 2. The van der Waals surface area contributed by atoms with Gasteiger partial charge in [0.25, 0.3) is 0 Å². The molecule has 1 saturated heterocycles. The van der Waals surface area contributed by atoms with Gasteiger partial charge in [0, 0.05) is 13.1 Å². The number of benzene rings is 1. The maximum Gasteiger partial charge on any atom is 0.245 e. The number of rotatable bonds is 6. The van der Waals surface area contributed by atoms with Gasteiger partial charge in [0.1, 0.15) is 6.04 Å². The molecular formula is C22H35N3O2. The van der Waals surface area contributed by atoms with E-state index in [0.717, 1.165) is 13.0 Å². The second-order valence-corrected chi connectivity index (χ2v) is 8.82. The van der Waals surface area contributed by atoms with Crippen LogP contribution < -0.4 is 10.6 Å². The maximum atomic E-state index is 13.1. The minimum Gasteiger partial charge on any atom is -0.343 e. The molecule has 2 atom stereocenters. The van der Waals surface area contributed by atoms with Crippen molar-refractivity contribution in [3.05, 3.63) is 35.4 Å². The van der Waals surface area contributed by atoms with Gasteiger partial charge in [0.15, 0.2) is 0 Å². The smallest absolute Gasteiger partial charge is 0.245 e. The number of likely N-dealkylation sites (tertiary alicyclic amines) is 1. The second kappa shape index (κ2) is 8.87. The molecular weight excluding hydrogens is 338 g/mol. The first-order chi connectivity index (χ1) is 12.7. The lowest BCUT2D eigenvalue weighted by Gasteiger charge is -2.45. The summed E-state index contributed by atoms with van der Waals surface area (Å²) in [4.78, 5) is 27.1. The molecule has 1 aromatic carbocycles. The zero-order chi connectivity index (χ0) is 20.2. The lowest BCUT2D eigenvalue weighted by Crippen LogP contribution is -2.56. The molecule has 0 saturated carbocycles. The Labute approximate surface area is 163 Å². The second-order valence-electron chi connectivity index (χ2n) is 8.82. The summed E-state index contributed by atoms with van der Waals surface area (Å²) >= 11 is 0. The van der Waals surface area contributed by atoms with E-state index in [1.807, 2.05) is 18.7 Å². The third-order valence-electron chi connectivity index (χ3n) is 5.61. The molecule has 1 heterocycles. The molecule has 150 valence electrons. The van der Waals surface area contributed by atoms with Gasteiger partial charge in [-0.05, 0) is 43.2 Å². The Bertz CT molecular complexity index is 652. The van der Waals surface area contributed by atoms with Crippen LogP contribution in [0, 0.1) is 18.3 Å². The van der Waals surface area contributed by atoms with Gasteiger partial charge in [-0.25, -0.2) is 0 Å². The van der Waals surface area contributed by atoms with E-state index >= 15 is 0 Å². The van der Waals surface area contributed by atoms with E-state index in [4.69, 9.17) is 0 Å². The number of nitrogens with zero attached hydrogens (tertiary/aromatic N) is 1. The lowest BCUT2D eigenvalue weighted by atomic mass is 9.70. The number of amides is 2. The molecule has 1 aliphatic rings. The molecule has 2 N–H and O–H groups in total. The van der Waals surface area contributed by atoms with Gasteiger partial charge in [0.05, 0.1) is 6.54 Å². The topological polar surface area (TPSA) is 61.4 Å². The molecule has 0 bridgehead atoms. The van der Waals surface area contributed by atoms with Crippen LogP contribution in [0.2, 0.25) is 0 Å². The Morgan fingerprint density at radius 3 is 2.37 bits per heavy atom. The van der Waals surface area contributed by atoms with E-state index in [9.17, 15) is 9.59 Å². The standard InChI is InChI=1S/C22H35N3O2/c1-15(2)20(24-19(26)13-23-6)21(27)25-12-11-18(22(4,5)14-25)17-9-7-16(3)8-10-17/h7-10,15,18,20,23H,11-14H2,1-6H3,(H,24,26)/t18-,20-/m1/s1. The Hall–Kier alpha value is -1.88. The molecule has 5 nitrogen and oxygen atoms in total. The molecule has 0 aliphatic carbocycles. The number of hydrogen-bond donors (Lipinski definition) is 2. The first-order valence-corrected chi connectivity index (χ1v) is 9.95. The highest BCUT2D eigenvalue weighted by Gasteiger charge is 2.40. The summed E-state index contributed by atoms with van der Waals surface area (Å²) in [6.07, 6.45) is 0.942. The minimum absolute atomic E-state index is 0.0142. The van der Waals surface area contributed by atoms with Crippen LogP contribution in [0.15, 0.2) is 24.3 Å². The molecule has 0 unspecified atom stereocenters. The van der Waals surface area contributed by atoms with Crippen LogP contribution in [0.1, 0.15) is 51.2 Å². The number of piperidine rings is 1. The van der Waals surface area contributed by atoms with E-state index in [1.54, 1.807) is 7.05 Å². The highest BCUT2D eigenvalue weighted by atomic mass is 16.2. The largest absolute Gasteiger partial charge is 0.343 e. The molecule has 0 spiro atoms. The summed E-state index contributed by atoms with van der Waals surface area (Å²) in [5.74, 6) is 0.373. The highest BCUT2D eigenvalue weighted by Crippen LogP contribution is 2.42. The molecule has 0 aromatic heterocycles. The van der Waals surface area contributed by atoms with Gasteiger partial charge in [-0.2, -0.15) is 0 Å². The summed E-state index contributed by atoms with van der Waals surface area (Å²) in [5.41, 5.74) is 2.60. The van der Waals surface area contributed by atoms with Crippen molar-refractivity contribution in [3.8, 4) is 0 Å². The average Bonchev–Trinajstić information content (AvgIpc) is 2.59. The van der Waals surface area contributed by atoms with Crippen LogP contribution in [0.3, 0.4) is 0 Å². The molecule has 27 heavy (non-hydrogen) atoms. The fourth-order valence-corrected chi connectivity index (χ4v) is 4.06. The molecule has 1 aliphatic heterocycles. The predicted octanol–water partition coefficient (Wildman–Crippen LogP) is 2.70. The van der Waals surface area contributed by atoms with E-state index < -0.39 is 6.04 Å². The van der Waals surface area contributed by atoms with Gasteiger partial charge >= 0.3 is 0 Å². The lowest BCUT2D eigenvalue weighted by molar-refractivity contribution is -0.140. The molecule has 2 amide bonds. The molecule has 1 aromatic rings. The summed E-state index contributed by atoms with van der Waals surface area (Å²) in [7, 11) is 1.73. The van der Waals surface area contributed by atoms with Crippen molar-refractivity contribution in [1.82, 2.24) is 15.5 Å². The number of carbonyl (C=O) groups excluding carboxylic acids is 2. The molecule has 2 rings (SSSR count). The van der Waals surface area contributed by atoms with Crippen LogP contribution >= 0.6 is 0 Å². The van der Waals surface area contributed by atoms with Crippen LogP contribution in [0.5, 0.6) is 0 Å². The Morgan fingerprint density at radius 1 is 1.22 bits per heavy atom. The minimum atomic E-state index is -0.474. The normalized spacial score (nSPS) is 20.4. The van der Waals surface area contributed by atoms with E-state index in [1.165, 1.54) is 11.1 Å². The fraction of sp³-hybridized carbons (Fsp3) is 0.636. The monoisotopic (exact) mass is 373 g/mol. The number of aryl methyl sites for hydroxylation is 1. The third-order valence-corrected chi connectivity index (χ3v) is 5.61. The van der Waals surface area contributed by atoms with Gasteiger partial charge in [-0.1, -0.05) is 57.5 Å². The first-order valence-electron chi connectivity index (χ1n) is 9.95. The van der Waals surface area contributed by atoms with Crippen molar-refractivity contribution in [2.24, 2.45) is 11.3 Å². The van der Waals surface area contributed by atoms with Crippen molar-refractivity contribution < 1.29 is 9.59 Å². The number of likely N-dealkylation sites (N-methyl/N-ethyl adjacent to an activating group) is 1. The highest BCUT2D eigenvalue weighted by molar-refractivity contribution is 5.88. The van der Waals surface area contributed by atoms with Gasteiger partial charge < -0.3 is 15.5 Å². The average molecular weight is 374 g/mol. The zero-order valence-electron chi connectivity index (χ0n) is 17.6. The van der Waals surface area contributed by atoms with Gasteiger partial charge in [-0.15, -0.1) is 0 Å². The van der Waals surface area contributed by atoms with Crippen molar-refractivity contribution in [1.29, 1.82) is 0 Å². The Morgan fingerprint density at radius 2 is 1.85 bits per heavy atom. The van der Waals surface area contributed by atoms with Crippen molar-refractivity contribution in [2.45, 2.75) is 53.0 Å². The summed E-state index contributed by atoms with van der Waals surface area (Å²) < 4.78 is 0. The van der Waals surface area contributed by atoms with E-state index in [-0.39, 0.29) is 29.7 Å². The van der Waals surface area contributed by atoms with Crippen molar-refractivity contribution >= 4 is 11.8 Å². The van der Waals surface area contributed by atoms with Crippen LogP contribution in [-0.2, 0) is 9.59 Å². The zero-order valence-corrected chi connectivity index (χ0v) is 17.6. The van der Waals surface area contributed by atoms with Crippen LogP contribution in [0.25, 0.3) is 0 Å². The third kappa shape index (κ3) is 5.32. The summed E-state index contributed by atoms with van der Waals surface area (Å²) in [6.45, 7) is 12.2. The number of carbonyl (C=O) groups is 2. The van der Waals surface area contributed by atoms with Gasteiger partial charge in [-0.3, -0.25) is 9.59 Å². The Balaban J connectivity index is 2.10. The Kier molecular flexibility index (Phi) is 7.04. The summed E-state index contributed by atoms with van der Waals surface area (Å²) in [5, 5.41) is 5.73. The molecule has 1 fully saturated rings. The number of hydrogen-bond acceptors (Lipinski definition) is 3. The maximum absolute atomic E-state index is 13.1. The molecule has 0 radical (unpaired) electrons. The first kappa shape index (κ1) is 21.4. The van der Waals surface area contributed by atoms with Crippen molar-refractivity contribution in [2.75, 3.05) is 26.7 Å². The van der Waals surface area contributed by atoms with Crippen molar-refractivity contribution in [3.63, 3.8) is 0 Å². The molecule has 5 heteroatoms. The van der Waals surface area contributed by atoms with Gasteiger partial charge in [0.2, 0.25) is 11.8 Å². The van der Waals surface area contributed by atoms with Crippen LogP contribution in [0.4, 0.5) is 0 Å². The van der Waals surface area contributed by atoms with E-state index in [0.29, 0.717) is 12.5 Å². The SMILES string of the molecule is CNCC(=O)N[C@@H](C(=O)N1CC[C@H](c2ccc(C)cc2)C(C)(C)C1)C(C)C. The van der Waals surface area contributed by atoms with E-state index in [2.05, 4.69) is 55.7 Å². The predicted molar refractivity (Wildman–Crippen MR) is 110 cm³/mol.